The fourth-order valence-electron chi connectivity index (χ4n) is 10.3. The Morgan fingerprint density at radius 1 is 0.517 bits per heavy atom. The van der Waals surface area contributed by atoms with Crippen LogP contribution in [-0.4, -0.2) is 93.9 Å². The van der Waals surface area contributed by atoms with Crippen molar-refractivity contribution in [2.75, 3.05) is 13.2 Å². The number of piperidine rings is 2. The Morgan fingerprint density at radius 3 is 1.07 bits per heavy atom. The molecule has 4 aliphatic carbocycles. The topological polar surface area (TPSA) is 134 Å². The summed E-state index contributed by atoms with van der Waals surface area (Å²) in [5, 5.41) is 18.7. The molecule has 4 fully saturated rings. The maximum atomic E-state index is 13.2. The third-order valence-corrected chi connectivity index (χ3v) is 13.0. The Morgan fingerprint density at radius 2 is 0.800 bits per heavy atom. The molecule has 0 radical (unpaired) electrons. The molecule has 2 aliphatic heterocycles. The summed E-state index contributed by atoms with van der Waals surface area (Å²) >= 11 is 0. The predicted molar refractivity (Wildman–Crippen MR) is 200 cm³/mol. The Balaban J connectivity index is 0.000000154. The number of carboxylic acids is 2. The van der Waals surface area contributed by atoms with Gasteiger partial charge in [0.15, 0.2) is 0 Å². The van der Waals surface area contributed by atoms with Crippen LogP contribution in [0.15, 0.2) is 97.1 Å². The third-order valence-electron chi connectivity index (χ3n) is 13.0. The number of rotatable bonds is 6. The number of nitrogens with zero attached hydrogens (tertiary/aromatic N) is 2. The lowest BCUT2D eigenvalue weighted by Gasteiger charge is -2.27. The number of aliphatic carboxylic acids is 2. The fourth-order valence-corrected chi connectivity index (χ4v) is 10.3. The number of benzene rings is 4. The summed E-state index contributed by atoms with van der Waals surface area (Å²) in [4.78, 5) is 50.0. The Labute approximate surface area is 338 Å². The normalized spacial score (nSPS) is 26.7. The van der Waals surface area contributed by atoms with E-state index in [1.807, 2.05) is 97.1 Å². The van der Waals surface area contributed by atoms with Crippen molar-refractivity contribution in [1.82, 2.24) is 9.80 Å². The van der Waals surface area contributed by atoms with Gasteiger partial charge in [-0.25, -0.2) is 19.2 Å². The van der Waals surface area contributed by atoms with Crippen LogP contribution in [0.25, 0.3) is 22.3 Å². The number of fused-ring (bicyclic) bond motifs is 8. The lowest BCUT2D eigenvalue weighted by atomic mass is 9.98. The molecular formula is C44H36F6N2O8. The van der Waals surface area contributed by atoms with Crippen LogP contribution >= 0.6 is 0 Å². The van der Waals surface area contributed by atoms with E-state index in [1.165, 1.54) is 0 Å². The van der Waals surface area contributed by atoms with Crippen LogP contribution in [-0.2, 0) is 19.1 Å². The van der Waals surface area contributed by atoms with Gasteiger partial charge in [-0.1, -0.05) is 97.1 Å². The van der Waals surface area contributed by atoms with Crippen LogP contribution in [0.2, 0.25) is 0 Å². The van der Waals surface area contributed by atoms with Crippen molar-refractivity contribution in [3.8, 4) is 22.3 Å². The van der Waals surface area contributed by atoms with Gasteiger partial charge in [0.25, 0.3) is 0 Å². The van der Waals surface area contributed by atoms with Crippen molar-refractivity contribution >= 4 is 24.1 Å². The summed E-state index contributed by atoms with van der Waals surface area (Å²) in [6.07, 6.45) is -11.3. The summed E-state index contributed by atoms with van der Waals surface area (Å²) in [5.41, 5.74) is 7.99. The Kier molecular flexibility index (Phi) is 9.39. The minimum atomic E-state index is -4.46. The average molecular weight is 835 g/mol. The van der Waals surface area contributed by atoms with E-state index in [9.17, 15) is 55.7 Å². The van der Waals surface area contributed by atoms with E-state index in [0.29, 0.717) is 0 Å². The van der Waals surface area contributed by atoms with Crippen LogP contribution in [0, 0.1) is 23.7 Å². The van der Waals surface area contributed by atoms with Crippen LogP contribution in [0.4, 0.5) is 35.9 Å². The first-order chi connectivity index (χ1) is 28.6. The van der Waals surface area contributed by atoms with Gasteiger partial charge in [-0.2, -0.15) is 26.3 Å². The number of halogens is 6. The number of hydrogen-bond donors (Lipinski definition) is 2. The average Bonchev–Trinajstić information content (AvgIpc) is 3.88. The van der Waals surface area contributed by atoms with Gasteiger partial charge in [-0.05, 0) is 69.2 Å². The highest BCUT2D eigenvalue weighted by atomic mass is 19.4. The maximum Gasteiger partial charge on any atom is 0.410 e. The number of carboxylic acid groups (broad SMARTS) is 2. The van der Waals surface area contributed by atoms with E-state index in [2.05, 4.69) is 0 Å². The minimum Gasteiger partial charge on any atom is -0.480 e. The van der Waals surface area contributed by atoms with Crippen LogP contribution in [0.3, 0.4) is 0 Å². The summed E-state index contributed by atoms with van der Waals surface area (Å²) < 4.78 is 89.8. The molecule has 60 heavy (non-hydrogen) atoms. The molecule has 0 aromatic heterocycles. The number of likely N-dealkylation sites (tertiary alicyclic amines) is 2. The fraction of sp³-hybridized carbons (Fsp3) is 0.364. The molecular weight excluding hydrogens is 798 g/mol. The monoisotopic (exact) mass is 834 g/mol. The second kappa shape index (κ2) is 14.3. The van der Waals surface area contributed by atoms with Gasteiger partial charge in [0.1, 0.15) is 25.3 Å². The molecule has 4 unspecified atom stereocenters. The van der Waals surface area contributed by atoms with E-state index in [1.54, 1.807) is 0 Å². The van der Waals surface area contributed by atoms with Gasteiger partial charge in [0.05, 0.1) is 23.9 Å². The molecule has 2 N–H and O–H groups in total. The van der Waals surface area contributed by atoms with Crippen molar-refractivity contribution < 1.29 is 65.2 Å². The highest BCUT2D eigenvalue weighted by molar-refractivity contribution is 5.84. The summed E-state index contributed by atoms with van der Waals surface area (Å²) in [5.74, 6) is -8.20. The number of carbonyl (C=O) groups is 4. The smallest absolute Gasteiger partial charge is 0.410 e. The summed E-state index contributed by atoms with van der Waals surface area (Å²) in [6, 6.07) is 25.9. The van der Waals surface area contributed by atoms with Crippen LogP contribution in [0.5, 0.6) is 0 Å². The zero-order valence-electron chi connectivity index (χ0n) is 31.3. The molecule has 2 saturated heterocycles. The molecule has 2 saturated carbocycles. The molecule has 6 aliphatic rings. The van der Waals surface area contributed by atoms with Crippen LogP contribution < -0.4 is 0 Å². The minimum absolute atomic E-state index is 0.0657. The number of ether oxygens (including phenoxy) is 2. The number of hydrogen-bond acceptors (Lipinski definition) is 6. The van der Waals surface area contributed by atoms with E-state index in [0.717, 1.165) is 54.3 Å². The van der Waals surface area contributed by atoms with Crippen molar-refractivity contribution in [2.45, 2.75) is 61.2 Å². The Hall–Kier alpha value is -6.06. The Bertz CT molecular complexity index is 2150. The first-order valence-corrected chi connectivity index (χ1v) is 19.4. The molecule has 8 atom stereocenters. The third kappa shape index (κ3) is 6.51. The van der Waals surface area contributed by atoms with Crippen molar-refractivity contribution in [1.29, 1.82) is 0 Å². The van der Waals surface area contributed by atoms with Gasteiger partial charge in [-0.15, -0.1) is 0 Å². The van der Waals surface area contributed by atoms with E-state index < -0.39 is 84.3 Å². The molecule has 10 rings (SSSR count). The number of alkyl halides is 6. The van der Waals surface area contributed by atoms with Crippen LogP contribution in [0.1, 0.15) is 46.9 Å². The SMILES string of the molecule is O=C(O)C1CC2C(C2C(F)(F)F)N1C(=O)OCC1c2ccccc2-c2ccccc21.O=C(O)[C@@H]1C[C@@H]2[C@@H]([C@H]2C(F)(F)F)N1C(=O)OCC1c2ccccc2-c2ccccc21. The zero-order valence-corrected chi connectivity index (χ0v) is 31.3. The van der Waals surface area contributed by atoms with Gasteiger partial charge in [-0.3, -0.25) is 9.80 Å². The highest BCUT2D eigenvalue weighted by Crippen LogP contribution is 2.61. The first kappa shape index (κ1) is 39.4. The van der Waals surface area contributed by atoms with Gasteiger partial charge < -0.3 is 19.7 Å². The number of carbonyl (C=O) groups excluding carboxylic acids is 2. The maximum absolute atomic E-state index is 13.2. The highest BCUT2D eigenvalue weighted by Gasteiger charge is 2.74. The number of amides is 2. The van der Waals surface area contributed by atoms with Gasteiger partial charge >= 0.3 is 36.5 Å². The second-order valence-electron chi connectivity index (χ2n) is 16.0. The molecule has 10 nitrogen and oxygen atoms in total. The summed E-state index contributed by atoms with van der Waals surface area (Å²) in [7, 11) is 0. The van der Waals surface area contributed by atoms with Gasteiger partial charge in [0.2, 0.25) is 0 Å². The second-order valence-corrected chi connectivity index (χ2v) is 16.0. The molecule has 2 amide bonds. The first-order valence-electron chi connectivity index (χ1n) is 19.4. The lowest BCUT2D eigenvalue weighted by molar-refractivity contribution is -0.162. The van der Waals surface area contributed by atoms with E-state index in [-0.39, 0.29) is 37.9 Å². The van der Waals surface area contributed by atoms with Crippen molar-refractivity contribution in [3.05, 3.63) is 119 Å². The summed E-state index contributed by atoms with van der Waals surface area (Å²) in [6.45, 7) is -0.131. The molecule has 2 heterocycles. The largest absolute Gasteiger partial charge is 0.480 e. The van der Waals surface area contributed by atoms with E-state index >= 15 is 0 Å². The molecule has 0 bridgehead atoms. The molecule has 0 spiro atoms. The quantitative estimate of drug-likeness (QED) is 0.185. The van der Waals surface area contributed by atoms with Crippen molar-refractivity contribution in [3.63, 3.8) is 0 Å². The molecule has 312 valence electrons. The zero-order chi connectivity index (χ0) is 42.4. The predicted octanol–water partition coefficient (Wildman–Crippen LogP) is 8.54. The molecule has 4 aromatic rings. The standard InChI is InChI=1S/2C22H18F3NO4/c2*23-22(24,25)18-15-9-17(20(27)28)26(19(15)18)21(29)30-10-16-13-7-3-1-5-11(13)12-6-2-4-8-14(12)16/h2*1-8,15-19H,9-10H2,(H,27,28)/t15-,17-,18-,19-;/m0./s1. The lowest BCUT2D eigenvalue weighted by Crippen LogP contribution is -2.46. The van der Waals surface area contributed by atoms with E-state index in [4.69, 9.17) is 9.47 Å². The van der Waals surface area contributed by atoms with Crippen molar-refractivity contribution in [2.24, 2.45) is 23.7 Å². The van der Waals surface area contributed by atoms with Gasteiger partial charge in [0, 0.05) is 11.8 Å². The molecule has 16 heteroatoms. The molecule has 4 aromatic carbocycles.